The molecule has 1 aromatic heterocycles. The van der Waals surface area contributed by atoms with E-state index < -0.39 is 12.7 Å². The first kappa shape index (κ1) is 12.5. The number of alkyl halides is 3. The third-order valence-electron chi connectivity index (χ3n) is 1.87. The fourth-order valence-corrected chi connectivity index (χ4v) is 1.21. The van der Waals surface area contributed by atoms with Gasteiger partial charge in [0.25, 0.3) is 0 Å². The molecule has 1 N–H and O–H groups in total. The molecule has 0 aliphatic rings. The molecule has 1 rings (SSSR count). The number of anilines is 2. The molecule has 0 aliphatic heterocycles. The summed E-state index contributed by atoms with van der Waals surface area (Å²) in [5, 5.41) is 2.70. The molecule has 0 spiro atoms. The van der Waals surface area contributed by atoms with Gasteiger partial charge in [-0.1, -0.05) is 0 Å². The summed E-state index contributed by atoms with van der Waals surface area (Å²) in [5.41, 5.74) is 0.614. The zero-order chi connectivity index (χ0) is 12.3. The lowest BCUT2D eigenvalue weighted by molar-refractivity contribution is -0.119. The molecule has 7 heteroatoms. The Balaban J connectivity index is 2.90. The highest BCUT2D eigenvalue weighted by atomic mass is 19.4. The molecule has 1 heterocycles. The molecular formula is C9H13F3N4. The Morgan fingerprint density at radius 1 is 1.38 bits per heavy atom. The van der Waals surface area contributed by atoms with E-state index in [1.165, 1.54) is 13.1 Å². The Bertz CT molecular complexity index is 364. The predicted octanol–water partition coefficient (Wildman–Crippen LogP) is 1.83. The van der Waals surface area contributed by atoms with Crippen molar-refractivity contribution in [1.82, 2.24) is 9.97 Å². The van der Waals surface area contributed by atoms with Crippen LogP contribution in [-0.2, 0) is 0 Å². The van der Waals surface area contributed by atoms with Gasteiger partial charge in [-0.25, -0.2) is 4.98 Å². The quantitative estimate of drug-likeness (QED) is 0.866. The molecule has 0 saturated heterocycles. The molecule has 0 radical (unpaired) electrons. The van der Waals surface area contributed by atoms with Crippen molar-refractivity contribution in [2.45, 2.75) is 13.1 Å². The van der Waals surface area contributed by atoms with Crippen LogP contribution in [0, 0.1) is 6.92 Å². The third kappa shape index (κ3) is 3.56. The lowest BCUT2D eigenvalue weighted by atomic mass is 10.4. The van der Waals surface area contributed by atoms with Crippen LogP contribution in [0.1, 0.15) is 5.69 Å². The number of hydrogen-bond acceptors (Lipinski definition) is 4. The van der Waals surface area contributed by atoms with Crippen LogP contribution in [0.25, 0.3) is 0 Å². The highest BCUT2D eigenvalue weighted by Crippen LogP contribution is 2.20. The van der Waals surface area contributed by atoms with Crippen LogP contribution in [0.5, 0.6) is 0 Å². The Morgan fingerprint density at radius 3 is 2.50 bits per heavy atom. The Kier molecular flexibility index (Phi) is 3.56. The molecule has 1 aromatic rings. The Hall–Kier alpha value is -1.53. The number of nitrogens with zero attached hydrogens (tertiary/aromatic N) is 3. The summed E-state index contributed by atoms with van der Waals surface area (Å²) in [7, 11) is 2.96. The maximum absolute atomic E-state index is 12.2. The lowest BCUT2D eigenvalue weighted by Crippen LogP contribution is -2.31. The van der Waals surface area contributed by atoms with Gasteiger partial charge < -0.3 is 10.2 Å². The standard InChI is InChI=1S/C9H13F3N4/c1-6-4-7(15-8(13-2)14-6)16(3)5-9(10,11)12/h4H,5H2,1-3H3,(H,13,14,15). The molecule has 0 aromatic carbocycles. The number of hydrogen-bond donors (Lipinski definition) is 1. The molecule has 0 amide bonds. The number of halogens is 3. The molecule has 0 unspecified atom stereocenters. The average Bonchev–Trinajstić information content (AvgIpc) is 2.14. The third-order valence-corrected chi connectivity index (χ3v) is 1.87. The molecule has 0 saturated carbocycles. The second kappa shape index (κ2) is 4.54. The SMILES string of the molecule is CNc1nc(C)cc(N(C)CC(F)(F)F)n1. The van der Waals surface area contributed by atoms with Gasteiger partial charge in [-0.3, -0.25) is 0 Å². The molecule has 16 heavy (non-hydrogen) atoms. The largest absolute Gasteiger partial charge is 0.405 e. The van der Waals surface area contributed by atoms with E-state index in [9.17, 15) is 13.2 Å². The summed E-state index contributed by atoms with van der Waals surface area (Å²) >= 11 is 0. The van der Waals surface area contributed by atoms with Gasteiger partial charge in [0.05, 0.1) is 0 Å². The maximum Gasteiger partial charge on any atom is 0.405 e. The second-order valence-corrected chi connectivity index (χ2v) is 3.41. The smallest absolute Gasteiger partial charge is 0.357 e. The highest BCUT2D eigenvalue weighted by Gasteiger charge is 2.29. The number of nitrogens with one attached hydrogen (secondary N) is 1. The first-order valence-electron chi connectivity index (χ1n) is 4.63. The first-order valence-corrected chi connectivity index (χ1v) is 4.63. The van der Waals surface area contributed by atoms with E-state index in [0.717, 1.165) is 4.90 Å². The van der Waals surface area contributed by atoms with Gasteiger partial charge in [0, 0.05) is 25.9 Å². The van der Waals surface area contributed by atoms with Gasteiger partial charge >= 0.3 is 6.18 Å². The topological polar surface area (TPSA) is 41.1 Å². The number of rotatable bonds is 3. The van der Waals surface area contributed by atoms with Gasteiger partial charge in [-0.15, -0.1) is 0 Å². The van der Waals surface area contributed by atoms with Crippen molar-refractivity contribution in [3.05, 3.63) is 11.8 Å². The van der Waals surface area contributed by atoms with Gasteiger partial charge in [0.1, 0.15) is 12.4 Å². The summed E-state index contributed by atoms with van der Waals surface area (Å²) in [5.74, 6) is 0.554. The number of aryl methyl sites for hydroxylation is 1. The summed E-state index contributed by atoms with van der Waals surface area (Å²) in [4.78, 5) is 8.98. The minimum Gasteiger partial charge on any atom is -0.357 e. The zero-order valence-electron chi connectivity index (χ0n) is 9.26. The molecule has 90 valence electrons. The summed E-state index contributed by atoms with van der Waals surface area (Å²) < 4.78 is 36.5. The lowest BCUT2D eigenvalue weighted by Gasteiger charge is -2.20. The summed E-state index contributed by atoms with van der Waals surface area (Å²) in [6, 6.07) is 1.51. The second-order valence-electron chi connectivity index (χ2n) is 3.41. The van der Waals surface area contributed by atoms with E-state index in [1.54, 1.807) is 14.0 Å². The van der Waals surface area contributed by atoms with E-state index in [1.807, 2.05) is 0 Å². The molecule has 0 aliphatic carbocycles. The van der Waals surface area contributed by atoms with Crippen molar-refractivity contribution in [3.8, 4) is 0 Å². The van der Waals surface area contributed by atoms with E-state index in [0.29, 0.717) is 11.6 Å². The van der Waals surface area contributed by atoms with Crippen LogP contribution in [-0.4, -0.2) is 36.8 Å². The first-order chi connectivity index (χ1) is 7.31. The molecule has 0 fully saturated rings. The Labute approximate surface area is 91.5 Å². The number of aromatic nitrogens is 2. The zero-order valence-corrected chi connectivity index (χ0v) is 9.26. The normalized spacial score (nSPS) is 11.4. The van der Waals surface area contributed by atoms with Crippen LogP contribution in [0.3, 0.4) is 0 Å². The van der Waals surface area contributed by atoms with E-state index >= 15 is 0 Å². The molecule has 4 nitrogen and oxygen atoms in total. The van der Waals surface area contributed by atoms with Gasteiger partial charge in [0.2, 0.25) is 5.95 Å². The van der Waals surface area contributed by atoms with Crippen LogP contribution in [0.15, 0.2) is 6.07 Å². The van der Waals surface area contributed by atoms with E-state index in [2.05, 4.69) is 15.3 Å². The van der Waals surface area contributed by atoms with Crippen LogP contribution < -0.4 is 10.2 Å². The van der Waals surface area contributed by atoms with Crippen LogP contribution in [0.2, 0.25) is 0 Å². The minimum atomic E-state index is -4.24. The van der Waals surface area contributed by atoms with Crippen molar-refractivity contribution in [2.75, 3.05) is 30.9 Å². The van der Waals surface area contributed by atoms with E-state index in [-0.39, 0.29) is 5.82 Å². The monoisotopic (exact) mass is 234 g/mol. The average molecular weight is 234 g/mol. The van der Waals surface area contributed by atoms with Crippen molar-refractivity contribution in [3.63, 3.8) is 0 Å². The predicted molar refractivity (Wildman–Crippen MR) is 55.6 cm³/mol. The van der Waals surface area contributed by atoms with Crippen molar-refractivity contribution < 1.29 is 13.2 Å². The molecular weight excluding hydrogens is 221 g/mol. The Morgan fingerprint density at radius 2 is 2.00 bits per heavy atom. The molecule has 0 bridgehead atoms. The van der Waals surface area contributed by atoms with Crippen molar-refractivity contribution in [1.29, 1.82) is 0 Å². The summed E-state index contributed by atoms with van der Waals surface area (Å²) in [6.07, 6.45) is -4.24. The fourth-order valence-electron chi connectivity index (χ4n) is 1.21. The minimum absolute atomic E-state index is 0.245. The van der Waals surface area contributed by atoms with E-state index in [4.69, 9.17) is 0 Å². The fraction of sp³-hybridized carbons (Fsp3) is 0.556. The summed E-state index contributed by atoms with van der Waals surface area (Å²) in [6.45, 7) is 0.667. The maximum atomic E-state index is 12.2. The van der Waals surface area contributed by atoms with Gasteiger partial charge in [0.15, 0.2) is 0 Å². The molecule has 0 atom stereocenters. The van der Waals surface area contributed by atoms with Crippen molar-refractivity contribution >= 4 is 11.8 Å². The highest BCUT2D eigenvalue weighted by molar-refractivity contribution is 5.43. The van der Waals surface area contributed by atoms with Crippen molar-refractivity contribution in [2.24, 2.45) is 0 Å². The van der Waals surface area contributed by atoms with Crippen LogP contribution >= 0.6 is 0 Å². The van der Waals surface area contributed by atoms with Gasteiger partial charge in [-0.05, 0) is 6.92 Å². The van der Waals surface area contributed by atoms with Gasteiger partial charge in [-0.2, -0.15) is 18.2 Å². The van der Waals surface area contributed by atoms with Crippen LogP contribution in [0.4, 0.5) is 24.9 Å².